The van der Waals surface area contributed by atoms with E-state index in [1.807, 2.05) is 0 Å². The molecule has 0 saturated carbocycles. The second kappa shape index (κ2) is 11.5. The van der Waals surface area contributed by atoms with Gasteiger partial charge in [-0.2, -0.15) is 0 Å². The van der Waals surface area contributed by atoms with E-state index in [9.17, 15) is 4.79 Å². The lowest BCUT2D eigenvalue weighted by molar-refractivity contribution is -0.139. The molecule has 1 atom stereocenters. The fraction of sp³-hybridized carbons (Fsp3) is 0.786. The molecule has 0 aromatic heterocycles. The van der Waals surface area contributed by atoms with Gasteiger partial charge < -0.3 is 9.47 Å². The van der Waals surface area contributed by atoms with E-state index < -0.39 is 8.80 Å². The van der Waals surface area contributed by atoms with Gasteiger partial charge in [0.15, 0.2) is 0 Å². The highest BCUT2D eigenvalue weighted by Gasteiger charge is 2.09. The number of rotatable bonds is 11. The van der Waals surface area contributed by atoms with E-state index in [0.717, 1.165) is 19.1 Å². The minimum Gasteiger partial charge on any atom is -0.462 e. The van der Waals surface area contributed by atoms with Crippen molar-refractivity contribution in [3.05, 3.63) is 12.2 Å². The summed E-state index contributed by atoms with van der Waals surface area (Å²) in [4.78, 5) is 11.1. The zero-order valence-electron chi connectivity index (χ0n) is 12.2. The molecule has 18 heavy (non-hydrogen) atoms. The van der Waals surface area contributed by atoms with Gasteiger partial charge in [0.1, 0.15) is 0 Å². The molecule has 0 aliphatic rings. The van der Waals surface area contributed by atoms with Gasteiger partial charge in [-0.05, 0) is 13.3 Å². The zero-order chi connectivity index (χ0) is 13.8. The van der Waals surface area contributed by atoms with Crippen LogP contribution in [-0.2, 0) is 14.3 Å². The van der Waals surface area contributed by atoms with E-state index in [-0.39, 0.29) is 5.97 Å². The molecule has 0 heterocycles. The van der Waals surface area contributed by atoms with Crippen LogP contribution in [0.2, 0.25) is 12.1 Å². The molecular weight excluding hydrogens is 244 g/mol. The molecule has 0 radical (unpaired) electrons. The van der Waals surface area contributed by atoms with Crippen LogP contribution in [0.15, 0.2) is 12.2 Å². The molecule has 4 heteroatoms. The first-order valence-corrected chi connectivity index (χ1v) is 9.38. The SMILES string of the molecule is C=C(C)C(=O)OCCCCC[SiH](CCC)COC. The van der Waals surface area contributed by atoms with Gasteiger partial charge >= 0.3 is 5.97 Å². The van der Waals surface area contributed by atoms with Crippen LogP contribution in [0.25, 0.3) is 0 Å². The van der Waals surface area contributed by atoms with Crippen molar-refractivity contribution in [2.45, 2.75) is 51.6 Å². The molecule has 0 rings (SSSR count). The molecule has 1 unspecified atom stereocenters. The first-order valence-electron chi connectivity index (χ1n) is 6.93. The minimum absolute atomic E-state index is 0.271. The number of ether oxygens (including phenoxy) is 2. The molecule has 0 saturated heterocycles. The summed E-state index contributed by atoms with van der Waals surface area (Å²) < 4.78 is 10.3. The van der Waals surface area contributed by atoms with Crippen LogP contribution < -0.4 is 0 Å². The topological polar surface area (TPSA) is 35.5 Å². The van der Waals surface area contributed by atoms with Crippen molar-refractivity contribution < 1.29 is 14.3 Å². The Bertz CT molecular complexity index is 235. The third-order valence-corrected chi connectivity index (χ3v) is 6.36. The first-order chi connectivity index (χ1) is 8.61. The largest absolute Gasteiger partial charge is 0.462 e. The molecule has 106 valence electrons. The lowest BCUT2D eigenvalue weighted by Crippen LogP contribution is -2.19. The van der Waals surface area contributed by atoms with Crippen molar-refractivity contribution in [2.75, 3.05) is 19.9 Å². The van der Waals surface area contributed by atoms with Crippen LogP contribution in [0.5, 0.6) is 0 Å². The third kappa shape index (κ3) is 9.42. The molecule has 0 aromatic carbocycles. The number of hydrogen-bond donors (Lipinski definition) is 0. The van der Waals surface area contributed by atoms with Gasteiger partial charge in [0.2, 0.25) is 0 Å². The summed E-state index contributed by atoms with van der Waals surface area (Å²) in [6.07, 6.45) is 5.61. The van der Waals surface area contributed by atoms with Gasteiger partial charge in [0.25, 0.3) is 0 Å². The maximum atomic E-state index is 11.1. The maximum absolute atomic E-state index is 11.1. The van der Waals surface area contributed by atoms with Gasteiger partial charge in [-0.25, -0.2) is 4.79 Å². The van der Waals surface area contributed by atoms with Crippen molar-refractivity contribution in [1.29, 1.82) is 0 Å². The second-order valence-electron chi connectivity index (χ2n) is 4.88. The predicted molar refractivity (Wildman–Crippen MR) is 78.6 cm³/mol. The van der Waals surface area contributed by atoms with Crippen molar-refractivity contribution in [3.8, 4) is 0 Å². The lowest BCUT2D eigenvalue weighted by Gasteiger charge is -2.12. The van der Waals surface area contributed by atoms with Gasteiger partial charge in [-0.1, -0.05) is 44.9 Å². The molecule has 0 aliphatic heterocycles. The van der Waals surface area contributed by atoms with Crippen LogP contribution >= 0.6 is 0 Å². The number of esters is 1. The first kappa shape index (κ1) is 17.4. The summed E-state index contributed by atoms with van der Waals surface area (Å²) in [6.45, 7) is 7.99. The predicted octanol–water partition coefficient (Wildman–Crippen LogP) is 3.10. The molecular formula is C14H28O3Si. The van der Waals surface area contributed by atoms with E-state index in [4.69, 9.17) is 9.47 Å². The Balaban J connectivity index is 3.48. The Kier molecular flexibility index (Phi) is 11.1. The Labute approximate surface area is 113 Å². The quantitative estimate of drug-likeness (QED) is 0.251. The smallest absolute Gasteiger partial charge is 0.333 e. The monoisotopic (exact) mass is 272 g/mol. The second-order valence-corrected chi connectivity index (χ2v) is 8.10. The summed E-state index contributed by atoms with van der Waals surface area (Å²) in [5.74, 6) is -0.271. The fourth-order valence-corrected chi connectivity index (χ4v) is 4.73. The van der Waals surface area contributed by atoms with Gasteiger partial charge in [0, 0.05) is 18.9 Å². The minimum atomic E-state index is -0.665. The Morgan fingerprint density at radius 2 is 1.94 bits per heavy atom. The van der Waals surface area contributed by atoms with Crippen LogP contribution in [-0.4, -0.2) is 34.7 Å². The zero-order valence-corrected chi connectivity index (χ0v) is 13.3. The summed E-state index contributed by atoms with van der Waals surface area (Å²) >= 11 is 0. The van der Waals surface area contributed by atoms with Gasteiger partial charge in [-0.3, -0.25) is 0 Å². The Morgan fingerprint density at radius 3 is 2.50 bits per heavy atom. The standard InChI is InChI=1S/C14H28O3Si/c1-5-10-18(12-16-4)11-8-6-7-9-17-14(15)13(2)3/h18H,2,5-12H2,1,3-4H3. The molecule has 0 N–H and O–H groups in total. The number of unbranched alkanes of at least 4 members (excludes halogenated alkanes) is 2. The number of carbonyl (C=O) groups excluding carboxylic acids is 1. The van der Waals surface area contributed by atoms with E-state index in [1.54, 1.807) is 14.0 Å². The molecule has 0 fully saturated rings. The van der Waals surface area contributed by atoms with E-state index >= 15 is 0 Å². The van der Waals surface area contributed by atoms with Crippen LogP contribution in [0.4, 0.5) is 0 Å². The number of methoxy groups -OCH3 is 1. The van der Waals surface area contributed by atoms with E-state index in [2.05, 4.69) is 13.5 Å². The molecule has 0 aromatic rings. The number of hydrogen-bond acceptors (Lipinski definition) is 3. The van der Waals surface area contributed by atoms with Crippen molar-refractivity contribution >= 4 is 14.8 Å². The highest BCUT2D eigenvalue weighted by Crippen LogP contribution is 2.10. The van der Waals surface area contributed by atoms with Crippen LogP contribution in [0, 0.1) is 0 Å². The molecule has 3 nitrogen and oxygen atoms in total. The van der Waals surface area contributed by atoms with Crippen LogP contribution in [0.3, 0.4) is 0 Å². The van der Waals surface area contributed by atoms with E-state index in [0.29, 0.717) is 12.2 Å². The Morgan fingerprint density at radius 1 is 1.22 bits per heavy atom. The third-order valence-electron chi connectivity index (χ3n) is 2.94. The van der Waals surface area contributed by atoms with Crippen molar-refractivity contribution in [2.24, 2.45) is 0 Å². The van der Waals surface area contributed by atoms with Gasteiger partial charge in [0.05, 0.1) is 15.4 Å². The number of carbonyl (C=O) groups is 1. The Hall–Kier alpha value is -0.613. The summed E-state index contributed by atoms with van der Waals surface area (Å²) in [6, 6.07) is 2.72. The average molecular weight is 272 g/mol. The van der Waals surface area contributed by atoms with Crippen LogP contribution in [0.1, 0.15) is 39.5 Å². The molecule has 0 amide bonds. The summed E-state index contributed by atoms with van der Waals surface area (Å²) in [7, 11) is 1.13. The van der Waals surface area contributed by atoms with E-state index in [1.165, 1.54) is 24.9 Å². The normalized spacial score (nSPS) is 12.2. The highest BCUT2D eigenvalue weighted by atomic mass is 28.3. The van der Waals surface area contributed by atoms with Gasteiger partial charge in [-0.15, -0.1) is 0 Å². The van der Waals surface area contributed by atoms with Crippen molar-refractivity contribution in [3.63, 3.8) is 0 Å². The average Bonchev–Trinajstić information content (AvgIpc) is 2.33. The summed E-state index contributed by atoms with van der Waals surface area (Å²) in [5.41, 5.74) is 0.477. The summed E-state index contributed by atoms with van der Waals surface area (Å²) in [5, 5.41) is 0. The lowest BCUT2D eigenvalue weighted by atomic mass is 10.3. The molecule has 0 aliphatic carbocycles. The van der Waals surface area contributed by atoms with Crippen molar-refractivity contribution in [1.82, 2.24) is 0 Å². The fourth-order valence-electron chi connectivity index (χ4n) is 1.95. The molecule has 0 spiro atoms. The molecule has 0 bridgehead atoms. The highest BCUT2D eigenvalue weighted by molar-refractivity contribution is 6.58. The maximum Gasteiger partial charge on any atom is 0.333 e.